The van der Waals surface area contributed by atoms with Crippen LogP contribution in [-0.2, 0) is 16.1 Å². The van der Waals surface area contributed by atoms with E-state index in [4.69, 9.17) is 0 Å². The normalized spacial score (nSPS) is 23.3. The second kappa shape index (κ2) is 6.02. The molecule has 2 aliphatic carbocycles. The maximum absolute atomic E-state index is 12.7. The van der Waals surface area contributed by atoms with Crippen LogP contribution in [0.15, 0.2) is 54.1 Å². The molecular weight excluding hydrogens is 300 g/mol. The molecule has 4 rings (SSSR count). The van der Waals surface area contributed by atoms with Crippen LogP contribution in [0.25, 0.3) is 0 Å². The van der Waals surface area contributed by atoms with Crippen LogP contribution >= 0.6 is 0 Å². The van der Waals surface area contributed by atoms with Crippen LogP contribution in [-0.4, -0.2) is 40.2 Å². The minimum atomic E-state index is -0.343. The number of allylic oxidation sites excluding steroid dienone is 2. The second-order valence-corrected chi connectivity index (χ2v) is 6.92. The lowest BCUT2D eigenvalue weighted by Crippen LogP contribution is -2.58. The van der Waals surface area contributed by atoms with Gasteiger partial charge in [-0.25, -0.2) is 0 Å². The van der Waals surface area contributed by atoms with E-state index < -0.39 is 0 Å². The number of carbonyl (C=O) groups excluding carboxylic acids is 2. The summed E-state index contributed by atoms with van der Waals surface area (Å²) in [6, 6.07) is 10.00. The molecule has 1 saturated carbocycles. The molecule has 2 fully saturated rings. The number of imide groups is 1. The number of nitrogens with zero attached hydrogens (tertiary/aromatic N) is 2. The van der Waals surface area contributed by atoms with Crippen LogP contribution in [0.1, 0.15) is 31.2 Å². The molecule has 0 N–H and O–H groups in total. The Morgan fingerprint density at radius 2 is 1.67 bits per heavy atom. The van der Waals surface area contributed by atoms with Gasteiger partial charge in [0.1, 0.15) is 0 Å². The molecule has 1 aliphatic heterocycles. The smallest absolute Gasteiger partial charge is 0.244 e. The Morgan fingerprint density at radius 1 is 0.958 bits per heavy atom. The standard InChI is InChI=1S/C20H22N2O2/c23-18-14-21(13-16-7-3-1-4-8-16)15-19(24)22(18)20(11-12-20)17-9-5-2-6-10-17/h1,3-5,7-10H,2,6,11-15H2. The predicted octanol–water partition coefficient (Wildman–Crippen LogP) is 2.67. The molecule has 4 nitrogen and oxygen atoms in total. The van der Waals surface area contributed by atoms with Gasteiger partial charge in [0.05, 0.1) is 18.6 Å². The Hall–Kier alpha value is -2.20. The summed E-state index contributed by atoms with van der Waals surface area (Å²) in [6.07, 6.45) is 10.3. The first-order valence-electron chi connectivity index (χ1n) is 8.68. The largest absolute Gasteiger partial charge is 0.281 e. The van der Waals surface area contributed by atoms with E-state index >= 15 is 0 Å². The third kappa shape index (κ3) is 2.71. The Balaban J connectivity index is 1.50. The van der Waals surface area contributed by atoms with Crippen molar-refractivity contribution in [2.45, 2.75) is 37.8 Å². The van der Waals surface area contributed by atoms with E-state index in [1.165, 1.54) is 0 Å². The van der Waals surface area contributed by atoms with Crippen molar-refractivity contribution >= 4 is 11.8 Å². The van der Waals surface area contributed by atoms with Crippen molar-refractivity contribution < 1.29 is 9.59 Å². The third-order valence-electron chi connectivity index (χ3n) is 5.15. The van der Waals surface area contributed by atoms with E-state index in [0.29, 0.717) is 19.6 Å². The van der Waals surface area contributed by atoms with Gasteiger partial charge in [-0.3, -0.25) is 19.4 Å². The van der Waals surface area contributed by atoms with E-state index in [1.54, 1.807) is 4.90 Å². The monoisotopic (exact) mass is 322 g/mol. The fourth-order valence-corrected chi connectivity index (χ4v) is 3.87. The Kier molecular flexibility index (Phi) is 3.85. The van der Waals surface area contributed by atoms with Crippen LogP contribution < -0.4 is 0 Å². The summed E-state index contributed by atoms with van der Waals surface area (Å²) in [7, 11) is 0. The number of hydrogen-bond donors (Lipinski definition) is 0. The van der Waals surface area contributed by atoms with Crippen molar-refractivity contribution in [3.8, 4) is 0 Å². The fourth-order valence-electron chi connectivity index (χ4n) is 3.87. The van der Waals surface area contributed by atoms with Crippen molar-refractivity contribution in [3.63, 3.8) is 0 Å². The molecule has 1 aromatic rings. The zero-order valence-corrected chi connectivity index (χ0v) is 13.8. The lowest BCUT2D eigenvalue weighted by atomic mass is 9.95. The molecule has 2 amide bonds. The van der Waals surface area contributed by atoms with Crippen LogP contribution in [0, 0.1) is 0 Å². The summed E-state index contributed by atoms with van der Waals surface area (Å²) in [5.41, 5.74) is 1.95. The van der Waals surface area contributed by atoms with Crippen molar-refractivity contribution in [3.05, 3.63) is 59.7 Å². The third-order valence-corrected chi connectivity index (χ3v) is 5.15. The lowest BCUT2D eigenvalue weighted by molar-refractivity contribution is -0.154. The molecule has 1 saturated heterocycles. The van der Waals surface area contributed by atoms with E-state index in [1.807, 2.05) is 35.2 Å². The molecule has 24 heavy (non-hydrogen) atoms. The van der Waals surface area contributed by atoms with Gasteiger partial charge in [-0.15, -0.1) is 0 Å². The van der Waals surface area contributed by atoms with Crippen LogP contribution in [0.5, 0.6) is 0 Å². The summed E-state index contributed by atoms with van der Waals surface area (Å²) < 4.78 is 0. The van der Waals surface area contributed by atoms with Crippen LogP contribution in [0.2, 0.25) is 0 Å². The topological polar surface area (TPSA) is 40.6 Å². The van der Waals surface area contributed by atoms with Crippen molar-refractivity contribution in [1.82, 2.24) is 9.80 Å². The molecule has 4 heteroatoms. The molecule has 0 atom stereocenters. The van der Waals surface area contributed by atoms with Gasteiger partial charge in [-0.2, -0.15) is 0 Å². The zero-order chi connectivity index (χ0) is 16.6. The first kappa shape index (κ1) is 15.3. The van der Waals surface area contributed by atoms with Gasteiger partial charge < -0.3 is 0 Å². The Bertz CT molecular complexity index is 698. The molecule has 0 spiro atoms. The second-order valence-electron chi connectivity index (χ2n) is 6.92. The van der Waals surface area contributed by atoms with Gasteiger partial charge in [-0.05, 0) is 36.8 Å². The Labute approximate surface area is 142 Å². The molecule has 0 aromatic heterocycles. The molecule has 0 bridgehead atoms. The van der Waals surface area contributed by atoms with E-state index in [-0.39, 0.29) is 17.4 Å². The number of piperazine rings is 1. The van der Waals surface area contributed by atoms with Crippen molar-refractivity contribution in [2.24, 2.45) is 0 Å². The maximum atomic E-state index is 12.7. The maximum Gasteiger partial charge on any atom is 0.244 e. The molecular formula is C20H22N2O2. The molecule has 0 radical (unpaired) electrons. The van der Waals surface area contributed by atoms with Gasteiger partial charge in [0.2, 0.25) is 11.8 Å². The average molecular weight is 322 g/mol. The number of carbonyl (C=O) groups is 2. The van der Waals surface area contributed by atoms with Gasteiger partial charge in [0, 0.05) is 6.54 Å². The first-order valence-corrected chi connectivity index (χ1v) is 8.68. The van der Waals surface area contributed by atoms with E-state index in [9.17, 15) is 9.59 Å². The first-order chi connectivity index (χ1) is 11.7. The summed E-state index contributed by atoms with van der Waals surface area (Å²) >= 11 is 0. The highest BCUT2D eigenvalue weighted by atomic mass is 16.2. The summed E-state index contributed by atoms with van der Waals surface area (Å²) in [4.78, 5) is 29.0. The van der Waals surface area contributed by atoms with E-state index in [2.05, 4.69) is 18.2 Å². The Morgan fingerprint density at radius 3 is 2.25 bits per heavy atom. The highest BCUT2D eigenvalue weighted by Crippen LogP contribution is 2.50. The number of rotatable bonds is 4. The summed E-state index contributed by atoms with van der Waals surface area (Å²) in [6.45, 7) is 1.28. The van der Waals surface area contributed by atoms with Crippen molar-refractivity contribution in [2.75, 3.05) is 13.1 Å². The summed E-state index contributed by atoms with van der Waals surface area (Å²) in [5, 5.41) is 0. The van der Waals surface area contributed by atoms with E-state index in [0.717, 1.165) is 36.8 Å². The van der Waals surface area contributed by atoms with Crippen LogP contribution in [0.3, 0.4) is 0 Å². The molecule has 1 heterocycles. The number of benzene rings is 1. The molecule has 3 aliphatic rings. The van der Waals surface area contributed by atoms with Crippen LogP contribution in [0.4, 0.5) is 0 Å². The van der Waals surface area contributed by atoms with Gasteiger partial charge in [-0.1, -0.05) is 48.6 Å². The van der Waals surface area contributed by atoms with Gasteiger partial charge in [0.15, 0.2) is 0 Å². The SMILES string of the molecule is O=C1CN(Cc2ccccc2)CC(=O)N1C1(C2=CCCC=C2)CC1. The zero-order valence-electron chi connectivity index (χ0n) is 13.8. The minimum Gasteiger partial charge on any atom is -0.281 e. The van der Waals surface area contributed by atoms with Crippen molar-refractivity contribution in [1.29, 1.82) is 0 Å². The number of hydrogen-bond acceptors (Lipinski definition) is 3. The highest BCUT2D eigenvalue weighted by Gasteiger charge is 2.56. The quantitative estimate of drug-likeness (QED) is 0.800. The molecule has 1 aromatic carbocycles. The highest BCUT2D eigenvalue weighted by molar-refractivity contribution is 6.01. The number of amides is 2. The predicted molar refractivity (Wildman–Crippen MR) is 92.0 cm³/mol. The average Bonchev–Trinajstić information content (AvgIpc) is 3.38. The minimum absolute atomic E-state index is 0.0560. The molecule has 0 unspecified atom stereocenters. The van der Waals surface area contributed by atoms with Gasteiger partial charge in [0.25, 0.3) is 0 Å². The fraction of sp³-hybridized carbons (Fsp3) is 0.400. The molecule has 124 valence electrons. The van der Waals surface area contributed by atoms with Gasteiger partial charge >= 0.3 is 0 Å². The lowest BCUT2D eigenvalue weighted by Gasteiger charge is -2.38. The summed E-state index contributed by atoms with van der Waals surface area (Å²) in [5.74, 6) is -0.112.